The van der Waals surface area contributed by atoms with Crippen molar-refractivity contribution in [3.8, 4) is 5.75 Å². The highest BCUT2D eigenvalue weighted by Crippen LogP contribution is 2.31. The number of piperidine rings is 1. The molecular weight excluding hydrogens is 416 g/mol. The number of methoxy groups -OCH3 is 1. The van der Waals surface area contributed by atoms with Gasteiger partial charge in [0, 0.05) is 25.8 Å². The Morgan fingerprint density at radius 3 is 2.58 bits per heavy atom. The number of nitrogens with one attached hydrogen (secondary N) is 2. The zero-order chi connectivity index (χ0) is 23.2. The van der Waals surface area contributed by atoms with E-state index in [0.717, 1.165) is 45.3 Å². The number of benzene rings is 2. The number of anilines is 2. The molecule has 0 radical (unpaired) electrons. The van der Waals surface area contributed by atoms with E-state index >= 15 is 0 Å². The fraction of sp³-hybridized carbons (Fsp3) is 0.462. The molecule has 176 valence electrons. The summed E-state index contributed by atoms with van der Waals surface area (Å²) in [5.41, 5.74) is 4.34. The molecule has 2 aromatic carbocycles. The average Bonchev–Trinajstić information content (AvgIpc) is 2.85. The minimum Gasteiger partial charge on any atom is -0.495 e. The Balaban J connectivity index is 1.47. The van der Waals surface area contributed by atoms with E-state index in [2.05, 4.69) is 45.7 Å². The summed E-state index contributed by atoms with van der Waals surface area (Å²) in [4.78, 5) is 29.9. The van der Waals surface area contributed by atoms with Gasteiger partial charge in [-0.1, -0.05) is 30.7 Å². The first-order valence-corrected chi connectivity index (χ1v) is 11.9. The Labute approximate surface area is 196 Å². The third kappa shape index (κ3) is 5.47. The molecular formula is C26H34N4O3. The van der Waals surface area contributed by atoms with Gasteiger partial charge < -0.3 is 20.3 Å². The lowest BCUT2D eigenvalue weighted by molar-refractivity contribution is -0.136. The minimum absolute atomic E-state index is 0.0471. The van der Waals surface area contributed by atoms with Crippen LogP contribution < -0.4 is 20.3 Å². The predicted octanol–water partition coefficient (Wildman–Crippen LogP) is 3.36. The molecule has 2 amide bonds. The lowest BCUT2D eigenvalue weighted by Crippen LogP contribution is -2.43. The number of nitrogens with zero attached hydrogens (tertiary/aromatic N) is 2. The molecule has 2 heterocycles. The molecule has 7 nitrogen and oxygen atoms in total. The smallest absolute Gasteiger partial charge is 0.313 e. The van der Waals surface area contributed by atoms with Crippen molar-refractivity contribution < 1.29 is 14.3 Å². The van der Waals surface area contributed by atoms with Crippen molar-refractivity contribution in [1.82, 2.24) is 10.2 Å². The third-order valence-electron chi connectivity index (χ3n) is 6.69. The third-order valence-corrected chi connectivity index (χ3v) is 6.69. The minimum atomic E-state index is -0.691. The van der Waals surface area contributed by atoms with Gasteiger partial charge in [0.2, 0.25) is 0 Å². The number of rotatable bonds is 6. The fourth-order valence-corrected chi connectivity index (χ4v) is 4.90. The number of fused-ring (bicyclic) bond motifs is 1. The van der Waals surface area contributed by atoms with E-state index in [9.17, 15) is 9.59 Å². The molecule has 1 atom stereocenters. The molecule has 2 aromatic rings. The van der Waals surface area contributed by atoms with Crippen LogP contribution in [0.5, 0.6) is 5.75 Å². The lowest BCUT2D eigenvalue weighted by Gasteiger charge is -2.36. The Kier molecular flexibility index (Phi) is 7.50. The van der Waals surface area contributed by atoms with Crippen LogP contribution in [0, 0.1) is 0 Å². The molecule has 0 aliphatic carbocycles. The van der Waals surface area contributed by atoms with Gasteiger partial charge in [-0.25, -0.2) is 0 Å². The molecule has 0 saturated carbocycles. The van der Waals surface area contributed by atoms with Gasteiger partial charge in [-0.2, -0.15) is 0 Å². The van der Waals surface area contributed by atoms with E-state index < -0.39 is 11.8 Å². The first kappa shape index (κ1) is 23.1. The summed E-state index contributed by atoms with van der Waals surface area (Å²) in [6, 6.07) is 13.8. The quantitative estimate of drug-likeness (QED) is 0.661. The number of carbonyl (C=O) groups excluding carboxylic acids is 2. The van der Waals surface area contributed by atoms with Crippen molar-refractivity contribution in [2.24, 2.45) is 0 Å². The van der Waals surface area contributed by atoms with Gasteiger partial charge in [0.15, 0.2) is 0 Å². The van der Waals surface area contributed by atoms with E-state index in [4.69, 9.17) is 4.74 Å². The number of hydrogen-bond acceptors (Lipinski definition) is 5. The maximum atomic E-state index is 12.7. The number of amides is 2. The maximum Gasteiger partial charge on any atom is 0.313 e. The SMILES string of the molecule is COc1ccccc1NC(=O)C(=O)NC[C@@H](c1ccc2c(c1)CCCN2C)N1CCCCC1. The molecule has 0 spiro atoms. The molecule has 0 unspecified atom stereocenters. The largest absolute Gasteiger partial charge is 0.495 e. The number of hydrogen-bond donors (Lipinski definition) is 2. The second-order valence-corrected chi connectivity index (χ2v) is 8.89. The lowest BCUT2D eigenvalue weighted by atomic mass is 9.95. The number of ether oxygens (including phenoxy) is 1. The van der Waals surface area contributed by atoms with Gasteiger partial charge in [0.1, 0.15) is 5.75 Å². The Hall–Kier alpha value is -3.06. The second kappa shape index (κ2) is 10.7. The van der Waals surface area contributed by atoms with Gasteiger partial charge in [0.25, 0.3) is 0 Å². The standard InChI is InChI=1S/C26H34N4O3/c1-29-14-8-9-19-17-20(12-13-22(19)29)23(30-15-6-3-7-16-30)18-27-25(31)26(32)28-21-10-4-5-11-24(21)33-2/h4-5,10-13,17,23H,3,6-9,14-16,18H2,1-2H3,(H,27,31)(H,28,32)/t23-/m0/s1. The van der Waals surface area contributed by atoms with Crippen molar-refractivity contribution in [2.75, 3.05) is 50.6 Å². The molecule has 2 aliphatic rings. The number of likely N-dealkylation sites (tertiary alicyclic amines) is 1. The topological polar surface area (TPSA) is 73.9 Å². The van der Waals surface area contributed by atoms with Gasteiger partial charge in [-0.15, -0.1) is 0 Å². The molecule has 33 heavy (non-hydrogen) atoms. The molecule has 4 rings (SSSR count). The summed E-state index contributed by atoms with van der Waals surface area (Å²) >= 11 is 0. The summed E-state index contributed by atoms with van der Waals surface area (Å²) < 4.78 is 5.26. The van der Waals surface area contributed by atoms with Crippen LogP contribution in [0.4, 0.5) is 11.4 Å². The number of aryl methyl sites for hydroxylation is 1. The Bertz CT molecular complexity index is 987. The summed E-state index contributed by atoms with van der Waals surface area (Å²) in [6.07, 6.45) is 5.79. The zero-order valence-corrected chi connectivity index (χ0v) is 19.6. The van der Waals surface area contributed by atoms with Crippen LogP contribution in [0.15, 0.2) is 42.5 Å². The summed E-state index contributed by atoms with van der Waals surface area (Å²) in [6.45, 7) is 3.49. The molecule has 0 aromatic heterocycles. The van der Waals surface area contributed by atoms with Crippen molar-refractivity contribution in [3.63, 3.8) is 0 Å². The molecule has 1 saturated heterocycles. The molecule has 7 heteroatoms. The van der Waals surface area contributed by atoms with Crippen LogP contribution >= 0.6 is 0 Å². The van der Waals surface area contributed by atoms with Gasteiger partial charge in [0.05, 0.1) is 18.8 Å². The second-order valence-electron chi connectivity index (χ2n) is 8.89. The fourth-order valence-electron chi connectivity index (χ4n) is 4.90. The Morgan fingerprint density at radius 1 is 1.00 bits per heavy atom. The molecule has 2 aliphatic heterocycles. The predicted molar refractivity (Wildman–Crippen MR) is 131 cm³/mol. The summed E-state index contributed by atoms with van der Waals surface area (Å²) in [5, 5.41) is 5.54. The van der Waals surface area contributed by atoms with Crippen molar-refractivity contribution in [2.45, 2.75) is 38.1 Å². The first-order valence-electron chi connectivity index (χ1n) is 11.9. The van der Waals surface area contributed by atoms with Crippen LogP contribution in [0.3, 0.4) is 0 Å². The Morgan fingerprint density at radius 2 is 1.79 bits per heavy atom. The van der Waals surface area contributed by atoms with E-state index in [0.29, 0.717) is 18.0 Å². The van der Waals surface area contributed by atoms with Crippen LogP contribution in [-0.4, -0.2) is 57.1 Å². The van der Waals surface area contributed by atoms with E-state index in [1.54, 1.807) is 18.2 Å². The molecule has 2 N–H and O–H groups in total. The number of para-hydroxylation sites is 2. The van der Waals surface area contributed by atoms with Crippen LogP contribution in [0.1, 0.15) is 42.9 Å². The summed E-state index contributed by atoms with van der Waals surface area (Å²) in [7, 11) is 3.67. The van der Waals surface area contributed by atoms with Gasteiger partial charge in [-0.3, -0.25) is 14.5 Å². The average molecular weight is 451 g/mol. The van der Waals surface area contributed by atoms with Crippen molar-refractivity contribution in [1.29, 1.82) is 0 Å². The van der Waals surface area contributed by atoms with E-state index in [-0.39, 0.29) is 6.04 Å². The zero-order valence-electron chi connectivity index (χ0n) is 19.6. The van der Waals surface area contributed by atoms with Crippen molar-refractivity contribution >= 4 is 23.2 Å². The molecule has 1 fully saturated rings. The van der Waals surface area contributed by atoms with E-state index in [1.165, 1.54) is 30.3 Å². The number of carbonyl (C=O) groups is 2. The molecule has 0 bridgehead atoms. The highest BCUT2D eigenvalue weighted by Gasteiger charge is 2.26. The van der Waals surface area contributed by atoms with E-state index in [1.807, 2.05) is 6.07 Å². The van der Waals surface area contributed by atoms with Crippen LogP contribution in [-0.2, 0) is 16.0 Å². The first-order chi connectivity index (χ1) is 16.1. The monoisotopic (exact) mass is 450 g/mol. The van der Waals surface area contributed by atoms with Crippen LogP contribution in [0.2, 0.25) is 0 Å². The normalized spacial score (nSPS) is 17.1. The van der Waals surface area contributed by atoms with Gasteiger partial charge in [-0.05, 0) is 68.1 Å². The highest BCUT2D eigenvalue weighted by molar-refractivity contribution is 6.39. The maximum absolute atomic E-state index is 12.7. The highest BCUT2D eigenvalue weighted by atomic mass is 16.5. The van der Waals surface area contributed by atoms with Crippen molar-refractivity contribution in [3.05, 3.63) is 53.6 Å². The van der Waals surface area contributed by atoms with Crippen LogP contribution in [0.25, 0.3) is 0 Å². The van der Waals surface area contributed by atoms with Gasteiger partial charge >= 0.3 is 11.8 Å². The summed E-state index contributed by atoms with van der Waals surface area (Å²) in [5.74, 6) is -0.812.